The predicted molar refractivity (Wildman–Crippen MR) is 137 cm³/mol. The molecule has 0 radical (unpaired) electrons. The molecule has 0 saturated carbocycles. The topological polar surface area (TPSA) is 91.4 Å². The van der Waals surface area contributed by atoms with Gasteiger partial charge in [-0.1, -0.05) is 48.5 Å². The molecule has 0 N–H and O–H groups in total. The summed E-state index contributed by atoms with van der Waals surface area (Å²) in [5.74, 6) is -1.28. The van der Waals surface area contributed by atoms with Gasteiger partial charge in [0.2, 0.25) is 17.6 Å². The Morgan fingerprint density at radius 3 is 1.58 bits per heavy atom. The number of hydrogen-bond donors (Lipinski definition) is 0. The zero-order valence-corrected chi connectivity index (χ0v) is 21.3. The van der Waals surface area contributed by atoms with Gasteiger partial charge in [-0.15, -0.1) is 0 Å². The van der Waals surface area contributed by atoms with E-state index in [2.05, 4.69) is 24.3 Å². The molecule has 38 heavy (non-hydrogen) atoms. The van der Waals surface area contributed by atoms with Gasteiger partial charge in [0.25, 0.3) is 0 Å². The van der Waals surface area contributed by atoms with E-state index >= 15 is 0 Å². The third-order valence-electron chi connectivity index (χ3n) is 7.99. The Hall–Kier alpha value is -4.33. The Morgan fingerprint density at radius 2 is 1.18 bits per heavy atom. The minimum absolute atomic E-state index is 0.00698. The molecule has 8 heteroatoms. The van der Waals surface area contributed by atoms with Crippen molar-refractivity contribution in [2.75, 3.05) is 34.5 Å². The van der Waals surface area contributed by atoms with Gasteiger partial charge in [-0.3, -0.25) is 14.5 Å². The maximum Gasteiger partial charge on any atom is 0.338 e. The van der Waals surface area contributed by atoms with Crippen LogP contribution in [0.1, 0.15) is 44.4 Å². The number of hydrogen-bond acceptors (Lipinski definition) is 7. The molecule has 8 nitrogen and oxygen atoms in total. The second kappa shape index (κ2) is 9.20. The van der Waals surface area contributed by atoms with Crippen molar-refractivity contribution in [3.05, 3.63) is 88.5 Å². The molecule has 194 valence electrons. The number of carbonyl (C=O) groups is 3. The van der Waals surface area contributed by atoms with Crippen LogP contribution in [-0.4, -0.2) is 57.2 Å². The number of amides is 2. The first-order chi connectivity index (χ1) is 18.5. The smallest absolute Gasteiger partial charge is 0.338 e. The number of ether oxygens (including phenoxy) is 4. The van der Waals surface area contributed by atoms with Gasteiger partial charge in [-0.05, 0) is 34.4 Å². The molecule has 1 heterocycles. The van der Waals surface area contributed by atoms with Gasteiger partial charge in [0, 0.05) is 11.8 Å². The van der Waals surface area contributed by atoms with Crippen molar-refractivity contribution < 1.29 is 33.3 Å². The lowest BCUT2D eigenvalue weighted by atomic mass is 9.55. The highest BCUT2D eigenvalue weighted by Gasteiger charge is 2.61. The number of nitrogens with zero attached hydrogens (tertiary/aromatic N) is 1. The van der Waals surface area contributed by atoms with E-state index in [1.165, 1.54) is 38.4 Å². The van der Waals surface area contributed by atoms with Gasteiger partial charge in [0.1, 0.15) is 6.61 Å². The van der Waals surface area contributed by atoms with Gasteiger partial charge in [0.15, 0.2) is 11.5 Å². The van der Waals surface area contributed by atoms with Crippen molar-refractivity contribution in [2.45, 2.75) is 11.8 Å². The van der Waals surface area contributed by atoms with Gasteiger partial charge in [0.05, 0.1) is 45.3 Å². The molecule has 3 aliphatic carbocycles. The fourth-order valence-corrected chi connectivity index (χ4v) is 6.47. The lowest BCUT2D eigenvalue weighted by Gasteiger charge is -2.45. The lowest BCUT2D eigenvalue weighted by Crippen LogP contribution is -2.41. The Labute approximate surface area is 220 Å². The molecule has 1 fully saturated rings. The highest BCUT2D eigenvalue weighted by Crippen LogP contribution is 2.60. The third-order valence-corrected chi connectivity index (χ3v) is 7.99. The molecule has 3 aromatic carbocycles. The van der Waals surface area contributed by atoms with E-state index < -0.39 is 17.8 Å². The zero-order valence-electron chi connectivity index (χ0n) is 21.3. The van der Waals surface area contributed by atoms with Crippen LogP contribution in [0.4, 0.5) is 0 Å². The van der Waals surface area contributed by atoms with E-state index in [0.717, 1.165) is 22.3 Å². The Morgan fingerprint density at radius 1 is 0.737 bits per heavy atom. The summed E-state index contributed by atoms with van der Waals surface area (Å²) in [5, 5.41) is 0. The number of benzene rings is 3. The average Bonchev–Trinajstić information content (AvgIpc) is 3.21. The molecule has 1 aliphatic heterocycles. The van der Waals surface area contributed by atoms with Crippen molar-refractivity contribution >= 4 is 17.8 Å². The Balaban J connectivity index is 1.22. The second-order valence-corrected chi connectivity index (χ2v) is 9.64. The number of imide groups is 1. The quantitative estimate of drug-likeness (QED) is 0.351. The highest BCUT2D eigenvalue weighted by molar-refractivity contribution is 6.07. The first-order valence-corrected chi connectivity index (χ1v) is 12.5. The van der Waals surface area contributed by atoms with Crippen LogP contribution >= 0.6 is 0 Å². The summed E-state index contributed by atoms with van der Waals surface area (Å²) in [4.78, 5) is 41.4. The molecule has 0 aromatic heterocycles. The summed E-state index contributed by atoms with van der Waals surface area (Å²) < 4.78 is 21.4. The van der Waals surface area contributed by atoms with Crippen molar-refractivity contribution in [1.82, 2.24) is 4.90 Å². The fourth-order valence-electron chi connectivity index (χ4n) is 6.47. The van der Waals surface area contributed by atoms with Crippen LogP contribution in [0.25, 0.3) is 0 Å². The maximum absolute atomic E-state index is 13.7. The molecular formula is C30H27NO7. The maximum atomic E-state index is 13.7. The van der Waals surface area contributed by atoms with E-state index in [9.17, 15) is 14.4 Å². The second-order valence-electron chi connectivity index (χ2n) is 9.64. The van der Waals surface area contributed by atoms with Crippen LogP contribution in [0.3, 0.4) is 0 Å². The zero-order chi connectivity index (χ0) is 26.6. The SMILES string of the molecule is COc1cc(C(=O)OCCN2C(=O)C3C4c5ccccc5C(c5ccccc54)C3C2=O)cc(OC)c1OC. The van der Waals surface area contributed by atoms with Crippen molar-refractivity contribution in [1.29, 1.82) is 0 Å². The van der Waals surface area contributed by atoms with E-state index in [-0.39, 0.29) is 42.4 Å². The molecular weight excluding hydrogens is 486 g/mol. The summed E-state index contributed by atoms with van der Waals surface area (Å²) >= 11 is 0. The number of carbonyl (C=O) groups excluding carboxylic acids is 3. The first-order valence-electron chi connectivity index (χ1n) is 12.5. The largest absolute Gasteiger partial charge is 0.493 e. The average molecular weight is 514 g/mol. The van der Waals surface area contributed by atoms with Crippen LogP contribution < -0.4 is 14.2 Å². The highest BCUT2D eigenvalue weighted by atomic mass is 16.5. The van der Waals surface area contributed by atoms with Crippen molar-refractivity contribution in [3.63, 3.8) is 0 Å². The van der Waals surface area contributed by atoms with Gasteiger partial charge in [-0.2, -0.15) is 0 Å². The summed E-state index contributed by atoms with van der Waals surface area (Å²) in [6.45, 7) is -0.130. The molecule has 4 aliphatic rings. The summed E-state index contributed by atoms with van der Waals surface area (Å²) in [6, 6.07) is 19.2. The molecule has 7 rings (SSSR count). The Bertz CT molecular complexity index is 1320. The van der Waals surface area contributed by atoms with Crippen LogP contribution in [0, 0.1) is 11.8 Å². The summed E-state index contributed by atoms with van der Waals surface area (Å²) in [7, 11) is 4.39. The molecule has 2 bridgehead atoms. The minimum atomic E-state index is -0.624. The van der Waals surface area contributed by atoms with Gasteiger partial charge in [-0.25, -0.2) is 4.79 Å². The molecule has 2 atom stereocenters. The van der Waals surface area contributed by atoms with Crippen molar-refractivity contribution in [2.24, 2.45) is 11.8 Å². The van der Waals surface area contributed by atoms with E-state index in [1.807, 2.05) is 24.3 Å². The van der Waals surface area contributed by atoms with E-state index in [4.69, 9.17) is 18.9 Å². The predicted octanol–water partition coefficient (Wildman–Crippen LogP) is 3.76. The first kappa shape index (κ1) is 24.0. The van der Waals surface area contributed by atoms with E-state index in [0.29, 0.717) is 17.2 Å². The standard InChI is InChI=1S/C30H27NO7/c1-35-21-14-16(15-22(36-2)27(21)37-3)30(34)38-13-12-31-28(32)25-23-17-8-4-5-9-18(17)24(26(25)29(31)33)20-11-7-6-10-19(20)23/h4-11,14-15,23-26H,12-13H2,1-3H3. The number of likely N-dealkylation sites (tertiary alicyclic amines) is 1. The van der Waals surface area contributed by atoms with Crippen LogP contribution in [-0.2, 0) is 14.3 Å². The molecule has 2 unspecified atom stereocenters. The normalized spacial score (nSPS) is 22.4. The van der Waals surface area contributed by atoms with Gasteiger partial charge < -0.3 is 18.9 Å². The molecule has 2 amide bonds. The van der Waals surface area contributed by atoms with Crippen molar-refractivity contribution in [3.8, 4) is 17.2 Å². The third kappa shape index (κ3) is 3.40. The minimum Gasteiger partial charge on any atom is -0.493 e. The lowest BCUT2D eigenvalue weighted by molar-refractivity contribution is -0.140. The molecule has 0 spiro atoms. The number of methoxy groups -OCH3 is 3. The summed E-state index contributed by atoms with van der Waals surface area (Å²) in [6.07, 6.45) is 0. The van der Waals surface area contributed by atoms with Crippen LogP contribution in [0.2, 0.25) is 0 Å². The monoisotopic (exact) mass is 513 g/mol. The molecule has 1 saturated heterocycles. The number of esters is 1. The van der Waals surface area contributed by atoms with Crippen LogP contribution in [0.15, 0.2) is 60.7 Å². The molecule has 3 aromatic rings. The fraction of sp³-hybridized carbons (Fsp3) is 0.300. The summed E-state index contributed by atoms with van der Waals surface area (Å²) in [5.41, 5.74) is 4.68. The van der Waals surface area contributed by atoms with E-state index in [1.54, 1.807) is 0 Å². The number of rotatable bonds is 7. The Kier molecular flexibility index (Phi) is 5.82. The van der Waals surface area contributed by atoms with Crippen LogP contribution in [0.5, 0.6) is 17.2 Å². The van der Waals surface area contributed by atoms with Gasteiger partial charge >= 0.3 is 5.97 Å².